The van der Waals surface area contributed by atoms with Crippen molar-refractivity contribution in [3.8, 4) is 17.2 Å². The van der Waals surface area contributed by atoms with Crippen LogP contribution in [0.5, 0.6) is 17.2 Å². The predicted molar refractivity (Wildman–Crippen MR) is 131 cm³/mol. The summed E-state index contributed by atoms with van der Waals surface area (Å²) in [5, 5.41) is 0.208. The van der Waals surface area contributed by atoms with Crippen LogP contribution in [0.2, 0.25) is 5.02 Å². The van der Waals surface area contributed by atoms with Crippen LogP contribution in [0.15, 0.2) is 70.2 Å². The van der Waals surface area contributed by atoms with Crippen molar-refractivity contribution in [3.05, 3.63) is 82.1 Å². The molecule has 0 saturated carbocycles. The molecular weight excluding hydrogens is 494 g/mol. The fraction of sp³-hybridized carbons (Fsp3) is 0.160. The minimum Gasteiger partial charge on any atom is -0.492 e. The molecule has 0 radical (unpaired) electrons. The molecular formula is C25H20ClNO7S. The maximum absolute atomic E-state index is 12.8. The highest BCUT2D eigenvalue weighted by atomic mass is 35.5. The van der Waals surface area contributed by atoms with E-state index in [1.807, 2.05) is 0 Å². The van der Waals surface area contributed by atoms with Crippen molar-refractivity contribution in [1.82, 2.24) is 4.90 Å². The Labute approximate surface area is 210 Å². The first-order valence-electron chi connectivity index (χ1n) is 10.6. The summed E-state index contributed by atoms with van der Waals surface area (Å²) in [6, 6.07) is 14.7. The van der Waals surface area contributed by atoms with Gasteiger partial charge in [0, 0.05) is 5.02 Å². The fourth-order valence-electron chi connectivity index (χ4n) is 3.14. The van der Waals surface area contributed by atoms with Gasteiger partial charge in [-0.2, -0.15) is 0 Å². The smallest absolute Gasteiger partial charge is 0.379 e. The lowest BCUT2D eigenvalue weighted by atomic mass is 10.2. The van der Waals surface area contributed by atoms with Crippen LogP contribution >= 0.6 is 23.4 Å². The number of imide groups is 1. The number of furan rings is 1. The molecule has 10 heteroatoms. The van der Waals surface area contributed by atoms with Gasteiger partial charge >= 0.3 is 5.97 Å². The standard InChI is InChI=1S/C25H20ClNO7S/c1-2-31-21-14-16(5-10-19(21)34-24(29)20-4-3-12-33-20)15-22-23(28)27(25(30)35-22)11-13-32-18-8-6-17(26)7-9-18/h3-10,12,14-15H,2,11,13H2,1H3/b22-15-. The molecule has 180 valence electrons. The van der Waals surface area contributed by atoms with Crippen molar-refractivity contribution in [3.63, 3.8) is 0 Å². The number of hydrogen-bond acceptors (Lipinski definition) is 8. The van der Waals surface area contributed by atoms with E-state index in [0.29, 0.717) is 28.7 Å². The molecule has 1 aromatic heterocycles. The van der Waals surface area contributed by atoms with E-state index in [0.717, 1.165) is 16.7 Å². The van der Waals surface area contributed by atoms with Gasteiger partial charge in [-0.05, 0) is 78.9 Å². The Morgan fingerprint density at radius 1 is 1.09 bits per heavy atom. The van der Waals surface area contributed by atoms with Crippen LogP contribution in [0.1, 0.15) is 23.0 Å². The summed E-state index contributed by atoms with van der Waals surface area (Å²) in [5.41, 5.74) is 0.606. The molecule has 2 aromatic carbocycles. The number of nitrogens with zero attached hydrogens (tertiary/aromatic N) is 1. The first kappa shape index (κ1) is 24.4. The summed E-state index contributed by atoms with van der Waals surface area (Å²) in [6.07, 6.45) is 2.96. The minimum atomic E-state index is -0.661. The summed E-state index contributed by atoms with van der Waals surface area (Å²) in [4.78, 5) is 38.8. The van der Waals surface area contributed by atoms with E-state index in [4.69, 9.17) is 30.2 Å². The van der Waals surface area contributed by atoms with Gasteiger partial charge in [-0.25, -0.2) is 4.79 Å². The van der Waals surface area contributed by atoms with Crippen LogP contribution < -0.4 is 14.2 Å². The van der Waals surface area contributed by atoms with Gasteiger partial charge < -0.3 is 18.6 Å². The monoisotopic (exact) mass is 513 g/mol. The molecule has 0 unspecified atom stereocenters. The number of esters is 1. The number of carbonyl (C=O) groups is 3. The van der Waals surface area contributed by atoms with E-state index < -0.39 is 11.9 Å². The summed E-state index contributed by atoms with van der Waals surface area (Å²) in [7, 11) is 0. The Balaban J connectivity index is 1.43. The number of halogens is 1. The average Bonchev–Trinajstić information content (AvgIpc) is 3.47. The van der Waals surface area contributed by atoms with Crippen molar-refractivity contribution in [1.29, 1.82) is 0 Å². The lowest BCUT2D eigenvalue weighted by Crippen LogP contribution is -2.32. The highest BCUT2D eigenvalue weighted by Gasteiger charge is 2.34. The minimum absolute atomic E-state index is 0.0604. The number of amides is 2. The second-order valence-corrected chi connectivity index (χ2v) is 8.57. The van der Waals surface area contributed by atoms with Crippen molar-refractivity contribution in [2.24, 2.45) is 0 Å². The van der Waals surface area contributed by atoms with Crippen LogP contribution in [-0.2, 0) is 4.79 Å². The molecule has 35 heavy (non-hydrogen) atoms. The number of ether oxygens (including phenoxy) is 3. The number of carbonyl (C=O) groups excluding carboxylic acids is 3. The zero-order chi connectivity index (χ0) is 24.8. The Kier molecular flexibility index (Phi) is 7.79. The third-order valence-electron chi connectivity index (χ3n) is 4.76. The molecule has 0 bridgehead atoms. The molecule has 3 aromatic rings. The molecule has 0 spiro atoms. The fourth-order valence-corrected chi connectivity index (χ4v) is 4.13. The summed E-state index contributed by atoms with van der Waals surface area (Å²) < 4.78 is 21.6. The molecule has 1 saturated heterocycles. The van der Waals surface area contributed by atoms with Gasteiger partial charge in [-0.15, -0.1) is 0 Å². The number of benzene rings is 2. The van der Waals surface area contributed by atoms with Crippen molar-refractivity contribution < 1.29 is 33.0 Å². The van der Waals surface area contributed by atoms with Gasteiger partial charge in [0.25, 0.3) is 11.1 Å². The molecule has 2 heterocycles. The SMILES string of the molecule is CCOc1cc(/C=C2\SC(=O)N(CCOc3ccc(Cl)cc3)C2=O)ccc1OC(=O)c1ccco1. The lowest BCUT2D eigenvalue weighted by molar-refractivity contribution is -0.123. The Morgan fingerprint density at radius 2 is 1.89 bits per heavy atom. The molecule has 0 aliphatic carbocycles. The second-order valence-electron chi connectivity index (χ2n) is 7.14. The van der Waals surface area contributed by atoms with Crippen molar-refractivity contribution in [2.75, 3.05) is 19.8 Å². The van der Waals surface area contributed by atoms with Crippen molar-refractivity contribution in [2.45, 2.75) is 6.92 Å². The summed E-state index contributed by atoms with van der Waals surface area (Å²) in [6.45, 7) is 2.38. The predicted octanol–water partition coefficient (Wildman–Crippen LogP) is 5.67. The molecule has 8 nitrogen and oxygen atoms in total. The second kappa shape index (κ2) is 11.2. The molecule has 2 amide bonds. The van der Waals surface area contributed by atoms with E-state index >= 15 is 0 Å². The average molecular weight is 514 g/mol. The maximum atomic E-state index is 12.8. The Hall–Kier alpha value is -3.69. The lowest BCUT2D eigenvalue weighted by Gasteiger charge is -2.13. The number of thioether (sulfide) groups is 1. The highest BCUT2D eigenvalue weighted by Crippen LogP contribution is 2.35. The molecule has 4 rings (SSSR count). The molecule has 1 fully saturated rings. The zero-order valence-corrected chi connectivity index (χ0v) is 20.1. The Bertz CT molecular complexity index is 1260. The largest absolute Gasteiger partial charge is 0.492 e. The first-order valence-corrected chi connectivity index (χ1v) is 11.8. The summed E-state index contributed by atoms with van der Waals surface area (Å²) in [5.74, 6) is 0.102. The van der Waals surface area contributed by atoms with Gasteiger partial charge in [0.15, 0.2) is 11.5 Å². The van der Waals surface area contributed by atoms with Crippen LogP contribution in [0.4, 0.5) is 4.79 Å². The van der Waals surface area contributed by atoms with Crippen LogP contribution in [-0.4, -0.2) is 41.8 Å². The normalized spacial score (nSPS) is 14.5. The number of rotatable bonds is 9. The highest BCUT2D eigenvalue weighted by molar-refractivity contribution is 8.18. The topological polar surface area (TPSA) is 95.3 Å². The molecule has 0 atom stereocenters. The van der Waals surface area contributed by atoms with E-state index in [9.17, 15) is 14.4 Å². The Morgan fingerprint density at radius 3 is 2.60 bits per heavy atom. The molecule has 0 N–H and O–H groups in total. The van der Waals surface area contributed by atoms with Gasteiger partial charge in [0.05, 0.1) is 24.3 Å². The van der Waals surface area contributed by atoms with E-state index in [2.05, 4.69) is 0 Å². The molecule has 1 aliphatic rings. The van der Waals surface area contributed by atoms with E-state index in [1.165, 1.54) is 12.3 Å². The van der Waals surface area contributed by atoms with Gasteiger partial charge in [-0.1, -0.05) is 17.7 Å². The maximum Gasteiger partial charge on any atom is 0.379 e. The van der Waals surface area contributed by atoms with Crippen LogP contribution in [0, 0.1) is 0 Å². The van der Waals surface area contributed by atoms with Crippen molar-refractivity contribution >= 4 is 46.6 Å². The van der Waals surface area contributed by atoms with Crippen LogP contribution in [0.3, 0.4) is 0 Å². The van der Waals surface area contributed by atoms with Gasteiger partial charge in [0.1, 0.15) is 12.4 Å². The molecule has 1 aliphatic heterocycles. The quantitative estimate of drug-likeness (QED) is 0.205. The van der Waals surface area contributed by atoms with E-state index in [-0.39, 0.29) is 34.8 Å². The van der Waals surface area contributed by atoms with Gasteiger partial charge in [-0.3, -0.25) is 14.5 Å². The van der Waals surface area contributed by atoms with Gasteiger partial charge in [0.2, 0.25) is 5.76 Å². The number of hydrogen-bond donors (Lipinski definition) is 0. The first-order chi connectivity index (χ1) is 16.9. The third kappa shape index (κ3) is 6.06. The third-order valence-corrected chi connectivity index (χ3v) is 5.92. The van der Waals surface area contributed by atoms with E-state index in [1.54, 1.807) is 61.5 Å². The summed E-state index contributed by atoms with van der Waals surface area (Å²) >= 11 is 6.70. The zero-order valence-electron chi connectivity index (χ0n) is 18.6. The van der Waals surface area contributed by atoms with Crippen LogP contribution in [0.25, 0.3) is 6.08 Å².